The standard InChI is InChI=1S/C25H28N2O5/c1-30-21-12-18(13-22(31-2)24(21)32-3)23(27-10-6-8-17(15-27)25(28)29)19-11-16-7-4-5-9-20(16)26-14-19/h4-5,7,9,11-14,17,23H,6,8,10,15H2,1-3H3,(H,28,29). The van der Waals surface area contributed by atoms with Gasteiger partial charge in [0.25, 0.3) is 0 Å². The quantitative estimate of drug-likeness (QED) is 0.596. The summed E-state index contributed by atoms with van der Waals surface area (Å²) in [5.41, 5.74) is 2.84. The number of hydrogen-bond acceptors (Lipinski definition) is 6. The monoisotopic (exact) mass is 436 g/mol. The smallest absolute Gasteiger partial charge is 0.307 e. The summed E-state index contributed by atoms with van der Waals surface area (Å²) < 4.78 is 16.7. The minimum atomic E-state index is -0.755. The summed E-state index contributed by atoms with van der Waals surface area (Å²) in [6.45, 7) is 1.25. The number of ether oxygens (including phenoxy) is 3. The van der Waals surface area contributed by atoms with Gasteiger partial charge in [0.1, 0.15) is 0 Å². The first kappa shape index (κ1) is 21.9. The molecule has 168 valence electrons. The maximum Gasteiger partial charge on any atom is 0.307 e. The zero-order chi connectivity index (χ0) is 22.7. The van der Waals surface area contributed by atoms with Crippen LogP contribution in [0.3, 0.4) is 0 Å². The molecule has 1 N–H and O–H groups in total. The Morgan fingerprint density at radius 1 is 1.06 bits per heavy atom. The molecule has 1 saturated heterocycles. The molecule has 2 heterocycles. The van der Waals surface area contributed by atoms with E-state index in [1.807, 2.05) is 42.6 Å². The number of carboxylic acids is 1. The number of aliphatic carboxylic acids is 1. The van der Waals surface area contributed by atoms with Gasteiger partial charge in [0.2, 0.25) is 5.75 Å². The number of carboxylic acid groups (broad SMARTS) is 1. The molecule has 2 aromatic carbocycles. The molecule has 1 aromatic heterocycles. The lowest BCUT2D eigenvalue weighted by Crippen LogP contribution is -2.41. The summed E-state index contributed by atoms with van der Waals surface area (Å²) >= 11 is 0. The number of fused-ring (bicyclic) bond motifs is 1. The van der Waals surface area contributed by atoms with Crippen molar-refractivity contribution in [2.45, 2.75) is 18.9 Å². The third kappa shape index (κ3) is 4.21. The van der Waals surface area contributed by atoms with Gasteiger partial charge in [-0.15, -0.1) is 0 Å². The average Bonchev–Trinajstić information content (AvgIpc) is 2.83. The Kier molecular flexibility index (Phi) is 6.46. The van der Waals surface area contributed by atoms with Gasteiger partial charge >= 0.3 is 5.97 Å². The number of nitrogens with zero attached hydrogens (tertiary/aromatic N) is 2. The van der Waals surface area contributed by atoms with E-state index in [0.29, 0.717) is 30.2 Å². The van der Waals surface area contributed by atoms with Crippen LogP contribution < -0.4 is 14.2 Å². The number of piperidine rings is 1. The van der Waals surface area contributed by atoms with Crippen LogP contribution in [-0.2, 0) is 4.79 Å². The van der Waals surface area contributed by atoms with Gasteiger partial charge in [0.15, 0.2) is 11.5 Å². The van der Waals surface area contributed by atoms with Gasteiger partial charge in [-0.1, -0.05) is 18.2 Å². The number of carbonyl (C=O) groups is 1. The Morgan fingerprint density at radius 3 is 2.44 bits per heavy atom. The number of pyridine rings is 1. The lowest BCUT2D eigenvalue weighted by Gasteiger charge is -2.37. The van der Waals surface area contributed by atoms with Crippen LogP contribution in [0.15, 0.2) is 48.7 Å². The van der Waals surface area contributed by atoms with Crippen molar-refractivity contribution in [3.63, 3.8) is 0 Å². The van der Waals surface area contributed by atoms with E-state index in [0.717, 1.165) is 35.0 Å². The summed E-state index contributed by atoms with van der Waals surface area (Å²) in [7, 11) is 4.76. The van der Waals surface area contributed by atoms with E-state index in [4.69, 9.17) is 14.2 Å². The lowest BCUT2D eigenvalue weighted by atomic mass is 9.91. The SMILES string of the molecule is COc1cc(C(c2cnc3ccccc3c2)N2CCCC(C(=O)O)C2)cc(OC)c1OC. The van der Waals surface area contributed by atoms with Crippen molar-refractivity contribution in [1.82, 2.24) is 9.88 Å². The van der Waals surface area contributed by atoms with E-state index in [9.17, 15) is 9.90 Å². The zero-order valence-corrected chi connectivity index (χ0v) is 18.6. The number of likely N-dealkylation sites (tertiary alicyclic amines) is 1. The normalized spacial score (nSPS) is 17.7. The summed E-state index contributed by atoms with van der Waals surface area (Å²) in [5.74, 6) is 0.493. The van der Waals surface area contributed by atoms with Crippen LogP contribution in [0.5, 0.6) is 17.2 Å². The molecule has 1 aliphatic heterocycles. The minimum absolute atomic E-state index is 0.206. The van der Waals surface area contributed by atoms with Gasteiger partial charge < -0.3 is 19.3 Å². The number of hydrogen-bond donors (Lipinski definition) is 1. The van der Waals surface area contributed by atoms with Gasteiger partial charge in [-0.3, -0.25) is 14.7 Å². The topological polar surface area (TPSA) is 81.1 Å². The highest BCUT2D eigenvalue weighted by Crippen LogP contribution is 2.43. The van der Waals surface area contributed by atoms with Crippen LogP contribution in [0.1, 0.15) is 30.0 Å². The van der Waals surface area contributed by atoms with Gasteiger partial charge in [0.05, 0.1) is 38.8 Å². The number of para-hydroxylation sites is 1. The van der Waals surface area contributed by atoms with Gasteiger partial charge in [0, 0.05) is 18.1 Å². The van der Waals surface area contributed by atoms with Gasteiger partial charge in [-0.05, 0) is 54.8 Å². The fourth-order valence-corrected chi connectivity index (χ4v) is 4.55. The van der Waals surface area contributed by atoms with Crippen LogP contribution in [0, 0.1) is 5.92 Å². The first-order valence-electron chi connectivity index (χ1n) is 10.7. The molecular weight excluding hydrogens is 408 g/mol. The van der Waals surface area contributed by atoms with E-state index in [-0.39, 0.29) is 6.04 Å². The number of methoxy groups -OCH3 is 3. The first-order valence-corrected chi connectivity index (χ1v) is 10.7. The highest BCUT2D eigenvalue weighted by Gasteiger charge is 2.32. The Labute approximate surface area is 187 Å². The van der Waals surface area contributed by atoms with Crippen molar-refractivity contribution >= 4 is 16.9 Å². The van der Waals surface area contributed by atoms with Crippen molar-refractivity contribution in [2.24, 2.45) is 5.92 Å². The number of rotatable bonds is 7. The van der Waals surface area contributed by atoms with Gasteiger partial charge in [-0.25, -0.2) is 0 Å². The molecule has 3 aromatic rings. The van der Waals surface area contributed by atoms with Crippen molar-refractivity contribution < 1.29 is 24.1 Å². The molecule has 0 amide bonds. The third-order valence-electron chi connectivity index (χ3n) is 6.10. The Hall–Kier alpha value is -3.32. The van der Waals surface area contributed by atoms with Gasteiger partial charge in [-0.2, -0.15) is 0 Å². The predicted octanol–water partition coefficient (Wildman–Crippen LogP) is 4.15. The molecule has 1 fully saturated rings. The largest absolute Gasteiger partial charge is 0.493 e. The summed E-state index contributed by atoms with van der Waals surface area (Å²) in [6, 6.07) is 13.8. The van der Waals surface area contributed by atoms with E-state index in [1.54, 1.807) is 21.3 Å². The van der Waals surface area contributed by atoms with Crippen LogP contribution >= 0.6 is 0 Å². The summed E-state index contributed by atoms with van der Waals surface area (Å²) in [5, 5.41) is 10.7. The van der Waals surface area contributed by atoms with E-state index in [1.165, 1.54) is 0 Å². The fraction of sp³-hybridized carbons (Fsp3) is 0.360. The molecule has 0 spiro atoms. The first-order chi connectivity index (χ1) is 15.5. The summed E-state index contributed by atoms with van der Waals surface area (Å²) in [6.07, 6.45) is 3.38. The van der Waals surface area contributed by atoms with Crippen molar-refractivity contribution in [3.8, 4) is 17.2 Å². The molecule has 1 aliphatic rings. The minimum Gasteiger partial charge on any atom is -0.493 e. The van der Waals surface area contributed by atoms with Crippen LogP contribution in [0.2, 0.25) is 0 Å². The number of aromatic nitrogens is 1. The second-order valence-corrected chi connectivity index (χ2v) is 7.99. The summed E-state index contributed by atoms with van der Waals surface area (Å²) in [4.78, 5) is 18.6. The molecule has 2 unspecified atom stereocenters. The van der Waals surface area contributed by atoms with Crippen LogP contribution in [0.4, 0.5) is 0 Å². The molecule has 2 atom stereocenters. The highest BCUT2D eigenvalue weighted by molar-refractivity contribution is 5.79. The van der Waals surface area contributed by atoms with Crippen LogP contribution in [0.25, 0.3) is 10.9 Å². The Balaban J connectivity index is 1.86. The molecule has 7 heteroatoms. The molecule has 4 rings (SSSR count). The molecule has 0 bridgehead atoms. The molecule has 0 radical (unpaired) electrons. The molecule has 7 nitrogen and oxygen atoms in total. The maximum atomic E-state index is 11.8. The molecule has 0 aliphatic carbocycles. The number of benzene rings is 2. The molecule has 0 saturated carbocycles. The Morgan fingerprint density at radius 2 is 1.78 bits per heavy atom. The maximum absolute atomic E-state index is 11.8. The Bertz CT molecular complexity index is 1090. The molecular formula is C25H28N2O5. The predicted molar refractivity (Wildman–Crippen MR) is 122 cm³/mol. The third-order valence-corrected chi connectivity index (χ3v) is 6.10. The zero-order valence-electron chi connectivity index (χ0n) is 18.6. The van der Waals surface area contributed by atoms with Crippen LogP contribution in [-0.4, -0.2) is 55.4 Å². The van der Waals surface area contributed by atoms with Crippen molar-refractivity contribution in [2.75, 3.05) is 34.4 Å². The second kappa shape index (κ2) is 9.44. The molecule has 32 heavy (non-hydrogen) atoms. The van der Waals surface area contributed by atoms with Crippen molar-refractivity contribution in [1.29, 1.82) is 0 Å². The lowest BCUT2D eigenvalue weighted by molar-refractivity contribution is -0.143. The average molecular weight is 437 g/mol. The highest BCUT2D eigenvalue weighted by atomic mass is 16.5. The van der Waals surface area contributed by atoms with E-state index >= 15 is 0 Å². The van der Waals surface area contributed by atoms with Crippen molar-refractivity contribution in [3.05, 3.63) is 59.8 Å². The van der Waals surface area contributed by atoms with E-state index < -0.39 is 11.9 Å². The fourth-order valence-electron chi connectivity index (χ4n) is 4.55. The second-order valence-electron chi connectivity index (χ2n) is 7.99. The van der Waals surface area contributed by atoms with E-state index in [2.05, 4.69) is 16.0 Å².